The van der Waals surface area contributed by atoms with Crippen LogP contribution in [0.2, 0.25) is 0 Å². The molecule has 0 radical (unpaired) electrons. The van der Waals surface area contributed by atoms with Crippen LogP contribution in [0.3, 0.4) is 0 Å². The fourth-order valence-corrected chi connectivity index (χ4v) is 7.05. The van der Waals surface area contributed by atoms with Gasteiger partial charge in [-0.15, -0.1) is 11.3 Å². The van der Waals surface area contributed by atoms with Crippen LogP contribution >= 0.6 is 11.3 Å². The second-order valence-corrected chi connectivity index (χ2v) is 11.5. The van der Waals surface area contributed by atoms with Crippen molar-refractivity contribution < 1.29 is 9.59 Å². The highest BCUT2D eigenvalue weighted by Gasteiger charge is 2.46. The molecule has 34 heavy (non-hydrogen) atoms. The van der Waals surface area contributed by atoms with E-state index in [-0.39, 0.29) is 23.8 Å². The van der Waals surface area contributed by atoms with Crippen LogP contribution in [0, 0.1) is 5.92 Å². The molecule has 0 N–H and O–H groups in total. The molecule has 3 heterocycles. The predicted molar refractivity (Wildman–Crippen MR) is 137 cm³/mol. The van der Waals surface area contributed by atoms with E-state index in [2.05, 4.69) is 35.1 Å². The highest BCUT2D eigenvalue weighted by atomic mass is 32.1. The Morgan fingerprint density at radius 3 is 2.41 bits per heavy atom. The van der Waals surface area contributed by atoms with Crippen LogP contribution in [0.25, 0.3) is 0 Å². The largest absolute Gasteiger partial charge is 0.340 e. The predicted octanol–water partition coefficient (Wildman–Crippen LogP) is 5.16. The molecule has 0 bridgehead atoms. The summed E-state index contributed by atoms with van der Waals surface area (Å²) >= 11 is 1.65. The zero-order valence-electron chi connectivity index (χ0n) is 20.5. The molecule has 6 heteroatoms. The Morgan fingerprint density at radius 2 is 1.74 bits per heavy atom. The lowest BCUT2D eigenvalue weighted by atomic mass is 9.80. The smallest absolute Gasteiger partial charge is 0.254 e. The molecular weight excluding hydrogens is 442 g/mol. The molecule has 2 atom stereocenters. The minimum Gasteiger partial charge on any atom is -0.340 e. The minimum absolute atomic E-state index is 0.0499. The van der Waals surface area contributed by atoms with E-state index in [4.69, 9.17) is 0 Å². The maximum absolute atomic E-state index is 14.2. The standard InChI is InChI=1S/C28H37N3O2S/c1-20(2)19-31-26(24-13-8-18-34-24)25(22-11-6-7-12-23(22)27(31)32)28(33)30-16-14-29(15-17-30)21-9-4-3-5-10-21/h6-8,11-13,18,20-21,25-26H,3-5,9-10,14-17,19H2,1-2H3/t25-,26-/m1/s1. The van der Waals surface area contributed by atoms with Crippen molar-refractivity contribution in [2.45, 2.75) is 64.0 Å². The molecule has 1 aromatic heterocycles. The van der Waals surface area contributed by atoms with Crippen LogP contribution in [-0.2, 0) is 4.79 Å². The summed E-state index contributed by atoms with van der Waals surface area (Å²) in [4.78, 5) is 35.6. The van der Waals surface area contributed by atoms with Crippen LogP contribution in [0.1, 0.15) is 78.7 Å². The summed E-state index contributed by atoms with van der Waals surface area (Å²) in [6.45, 7) is 8.41. The lowest BCUT2D eigenvalue weighted by molar-refractivity contribution is -0.136. The number of hydrogen-bond acceptors (Lipinski definition) is 4. The molecule has 2 aromatic rings. The Morgan fingerprint density at radius 1 is 1.00 bits per heavy atom. The molecule has 182 valence electrons. The van der Waals surface area contributed by atoms with Crippen molar-refractivity contribution in [3.05, 3.63) is 57.8 Å². The molecule has 1 aliphatic carbocycles. The van der Waals surface area contributed by atoms with Gasteiger partial charge in [-0.1, -0.05) is 57.4 Å². The molecule has 2 aliphatic heterocycles. The van der Waals surface area contributed by atoms with Crippen molar-refractivity contribution >= 4 is 23.2 Å². The molecule has 1 aromatic carbocycles. The van der Waals surface area contributed by atoms with E-state index in [1.807, 2.05) is 35.2 Å². The van der Waals surface area contributed by atoms with Gasteiger partial charge in [0.2, 0.25) is 5.91 Å². The normalized spacial score (nSPS) is 24.5. The summed E-state index contributed by atoms with van der Waals surface area (Å²) < 4.78 is 0. The molecule has 0 spiro atoms. The van der Waals surface area contributed by atoms with Gasteiger partial charge in [0.25, 0.3) is 5.91 Å². The first-order valence-corrected chi connectivity index (χ1v) is 13.9. The number of thiophene rings is 1. The van der Waals surface area contributed by atoms with E-state index < -0.39 is 0 Å². The summed E-state index contributed by atoms with van der Waals surface area (Å²) in [5.74, 6) is 0.197. The number of hydrogen-bond donors (Lipinski definition) is 0. The molecule has 1 saturated heterocycles. The Hall–Kier alpha value is -2.18. The van der Waals surface area contributed by atoms with E-state index in [9.17, 15) is 9.59 Å². The number of amides is 2. The fraction of sp³-hybridized carbons (Fsp3) is 0.571. The Balaban J connectivity index is 1.44. The summed E-state index contributed by atoms with van der Waals surface area (Å²) in [6.07, 6.45) is 6.65. The van der Waals surface area contributed by atoms with Gasteiger partial charge in [0.1, 0.15) is 0 Å². The second kappa shape index (κ2) is 10.2. The van der Waals surface area contributed by atoms with Crippen molar-refractivity contribution in [2.75, 3.05) is 32.7 Å². The van der Waals surface area contributed by atoms with Crippen molar-refractivity contribution in [1.29, 1.82) is 0 Å². The number of piperazine rings is 1. The molecule has 3 aliphatic rings. The zero-order valence-corrected chi connectivity index (χ0v) is 21.3. The number of carbonyl (C=O) groups excluding carboxylic acids is 2. The van der Waals surface area contributed by atoms with Crippen molar-refractivity contribution in [3.8, 4) is 0 Å². The summed E-state index contributed by atoms with van der Waals surface area (Å²) in [5.41, 5.74) is 1.58. The van der Waals surface area contributed by atoms with Crippen molar-refractivity contribution in [1.82, 2.24) is 14.7 Å². The summed E-state index contributed by atoms with van der Waals surface area (Å²) in [7, 11) is 0. The van der Waals surface area contributed by atoms with Crippen LogP contribution in [-0.4, -0.2) is 65.3 Å². The minimum atomic E-state index is -0.354. The monoisotopic (exact) mass is 479 g/mol. The molecule has 5 rings (SSSR count). The number of fused-ring (bicyclic) bond motifs is 1. The quantitative estimate of drug-likeness (QED) is 0.595. The first-order chi connectivity index (χ1) is 16.5. The summed E-state index contributed by atoms with van der Waals surface area (Å²) in [6, 6.07) is 12.4. The molecule has 2 amide bonds. The highest BCUT2D eigenvalue weighted by Crippen LogP contribution is 2.45. The Kier molecular flexibility index (Phi) is 7.07. The fourth-order valence-electron chi connectivity index (χ4n) is 6.18. The average Bonchev–Trinajstić information content (AvgIpc) is 3.40. The van der Waals surface area contributed by atoms with Crippen LogP contribution in [0.15, 0.2) is 41.8 Å². The zero-order chi connectivity index (χ0) is 23.7. The van der Waals surface area contributed by atoms with Crippen LogP contribution in [0.4, 0.5) is 0 Å². The van der Waals surface area contributed by atoms with E-state index in [1.54, 1.807) is 11.3 Å². The first-order valence-electron chi connectivity index (χ1n) is 13.0. The van der Waals surface area contributed by atoms with Gasteiger partial charge < -0.3 is 9.80 Å². The van der Waals surface area contributed by atoms with E-state index >= 15 is 0 Å². The van der Waals surface area contributed by atoms with Gasteiger partial charge in [0.05, 0.1) is 12.0 Å². The highest BCUT2D eigenvalue weighted by molar-refractivity contribution is 7.10. The van der Waals surface area contributed by atoms with E-state index in [1.165, 1.54) is 32.1 Å². The molecular formula is C28H37N3O2S. The van der Waals surface area contributed by atoms with Gasteiger partial charge in [0.15, 0.2) is 0 Å². The van der Waals surface area contributed by atoms with E-state index in [0.29, 0.717) is 24.1 Å². The second-order valence-electron chi connectivity index (χ2n) is 10.5. The topological polar surface area (TPSA) is 43.9 Å². The average molecular weight is 480 g/mol. The van der Waals surface area contributed by atoms with Gasteiger partial charge in [-0.25, -0.2) is 0 Å². The lowest BCUT2D eigenvalue weighted by Crippen LogP contribution is -2.55. The molecule has 5 nitrogen and oxygen atoms in total. The number of carbonyl (C=O) groups is 2. The molecule has 0 unspecified atom stereocenters. The maximum Gasteiger partial charge on any atom is 0.254 e. The first kappa shape index (κ1) is 23.6. The summed E-state index contributed by atoms with van der Waals surface area (Å²) in [5, 5.41) is 2.05. The van der Waals surface area contributed by atoms with Crippen LogP contribution in [0.5, 0.6) is 0 Å². The third-order valence-corrected chi connectivity index (χ3v) is 8.76. The molecule has 2 fully saturated rings. The van der Waals surface area contributed by atoms with Gasteiger partial charge in [-0.2, -0.15) is 0 Å². The van der Waals surface area contributed by atoms with Gasteiger partial charge in [-0.3, -0.25) is 14.5 Å². The van der Waals surface area contributed by atoms with Gasteiger partial charge in [-0.05, 0) is 41.8 Å². The molecule has 1 saturated carbocycles. The third kappa shape index (κ3) is 4.55. The van der Waals surface area contributed by atoms with E-state index in [0.717, 1.165) is 36.6 Å². The Bertz CT molecular complexity index is 991. The SMILES string of the molecule is CC(C)CN1C(=O)c2ccccc2[C@@H](C(=O)N2CCN(C3CCCCC3)CC2)[C@H]1c1cccs1. The van der Waals surface area contributed by atoms with Crippen LogP contribution < -0.4 is 0 Å². The maximum atomic E-state index is 14.2. The number of rotatable bonds is 5. The lowest BCUT2D eigenvalue weighted by Gasteiger charge is -2.45. The number of nitrogens with zero attached hydrogens (tertiary/aromatic N) is 3. The van der Waals surface area contributed by atoms with Crippen molar-refractivity contribution in [2.24, 2.45) is 5.92 Å². The van der Waals surface area contributed by atoms with Gasteiger partial charge >= 0.3 is 0 Å². The Labute approximate surface area is 207 Å². The number of benzene rings is 1. The van der Waals surface area contributed by atoms with Crippen molar-refractivity contribution in [3.63, 3.8) is 0 Å². The third-order valence-electron chi connectivity index (χ3n) is 7.82. The van der Waals surface area contributed by atoms with Gasteiger partial charge in [0, 0.05) is 49.2 Å².